The maximum atomic E-state index is 12.8. The lowest BCUT2D eigenvalue weighted by Crippen LogP contribution is -2.30. The van der Waals surface area contributed by atoms with Gasteiger partial charge in [-0.25, -0.2) is 0 Å². The number of unbranched alkanes of at least 4 members (excludes halogenated alkanes) is 29. The van der Waals surface area contributed by atoms with Gasteiger partial charge in [-0.3, -0.25) is 14.4 Å². The molecule has 0 fully saturated rings. The molecular weight excluding hydrogens is 733 g/mol. The Bertz CT molecular complexity index is 914. The van der Waals surface area contributed by atoms with Crippen LogP contribution < -0.4 is 0 Å². The topological polar surface area (TPSA) is 78.9 Å². The van der Waals surface area contributed by atoms with Crippen LogP contribution in [0, 0.1) is 17.8 Å². The molecule has 0 aliphatic carbocycles. The molecule has 6 nitrogen and oxygen atoms in total. The first-order valence-electron chi connectivity index (χ1n) is 26.1. The Morgan fingerprint density at radius 2 is 0.492 bits per heavy atom. The molecule has 0 aromatic carbocycles. The summed E-state index contributed by atoms with van der Waals surface area (Å²) >= 11 is 0. The monoisotopic (exact) mass is 835 g/mol. The van der Waals surface area contributed by atoms with Crippen LogP contribution in [0.25, 0.3) is 0 Å². The molecule has 0 unspecified atom stereocenters. The molecule has 0 saturated heterocycles. The largest absolute Gasteiger partial charge is 0.462 e. The molecule has 0 aliphatic heterocycles. The molecule has 59 heavy (non-hydrogen) atoms. The lowest BCUT2D eigenvalue weighted by Gasteiger charge is -2.18. The predicted octanol–water partition coefficient (Wildman–Crippen LogP) is 16.8. The van der Waals surface area contributed by atoms with E-state index in [9.17, 15) is 14.4 Å². The van der Waals surface area contributed by atoms with Gasteiger partial charge in [0.2, 0.25) is 0 Å². The highest BCUT2D eigenvalue weighted by Crippen LogP contribution is 2.18. The molecular formula is C53H102O6. The SMILES string of the molecule is CC(C)CCCCCCCCCCCCCCCC(=O)O[C@@H](COC(=O)CCCCCCCCCCCCCC(C)C)COC(=O)CCCCCCCCCCC(C)C. The highest BCUT2D eigenvalue weighted by Gasteiger charge is 2.19. The van der Waals surface area contributed by atoms with Crippen LogP contribution in [-0.2, 0) is 28.6 Å². The van der Waals surface area contributed by atoms with Gasteiger partial charge in [0.25, 0.3) is 0 Å². The second-order valence-electron chi connectivity index (χ2n) is 19.6. The Balaban J connectivity index is 4.31. The van der Waals surface area contributed by atoms with Gasteiger partial charge >= 0.3 is 17.9 Å². The molecule has 0 spiro atoms. The minimum absolute atomic E-state index is 0.0649. The van der Waals surface area contributed by atoms with E-state index in [4.69, 9.17) is 14.2 Å². The summed E-state index contributed by atoms with van der Waals surface area (Å²) < 4.78 is 16.8. The molecule has 0 rings (SSSR count). The summed E-state index contributed by atoms with van der Waals surface area (Å²) in [5.41, 5.74) is 0. The van der Waals surface area contributed by atoms with E-state index in [0.717, 1.165) is 75.5 Å². The number of esters is 3. The minimum atomic E-state index is -0.763. The van der Waals surface area contributed by atoms with Crippen molar-refractivity contribution in [1.82, 2.24) is 0 Å². The lowest BCUT2D eigenvalue weighted by molar-refractivity contribution is -0.167. The van der Waals surface area contributed by atoms with Gasteiger partial charge in [-0.05, 0) is 37.0 Å². The van der Waals surface area contributed by atoms with Gasteiger partial charge < -0.3 is 14.2 Å². The van der Waals surface area contributed by atoms with Crippen LogP contribution in [-0.4, -0.2) is 37.2 Å². The van der Waals surface area contributed by atoms with Crippen molar-refractivity contribution in [2.45, 2.75) is 292 Å². The maximum Gasteiger partial charge on any atom is 0.306 e. The molecule has 0 amide bonds. The zero-order valence-corrected chi connectivity index (χ0v) is 40.5. The van der Waals surface area contributed by atoms with Crippen molar-refractivity contribution >= 4 is 17.9 Å². The number of ether oxygens (including phenoxy) is 3. The minimum Gasteiger partial charge on any atom is -0.462 e. The Morgan fingerprint density at radius 1 is 0.288 bits per heavy atom. The second kappa shape index (κ2) is 44.5. The fraction of sp³-hybridized carbons (Fsp3) is 0.943. The van der Waals surface area contributed by atoms with Crippen molar-refractivity contribution in [3.05, 3.63) is 0 Å². The molecule has 350 valence electrons. The molecule has 0 aromatic rings. The summed E-state index contributed by atoms with van der Waals surface area (Å²) in [5.74, 6) is 1.61. The van der Waals surface area contributed by atoms with Gasteiger partial charge in [-0.2, -0.15) is 0 Å². The standard InChI is InChI=1S/C53H102O6/c1-47(2)39-33-27-21-15-11-8-7-9-13-18-26-32-38-44-53(56)59-50(46-58-52(55)43-37-31-25-20-19-23-29-35-41-49(5)6)45-57-51(54)42-36-30-24-17-14-10-12-16-22-28-34-40-48(3)4/h47-50H,7-46H2,1-6H3/t50-/m0/s1. The second-order valence-corrected chi connectivity index (χ2v) is 19.6. The van der Waals surface area contributed by atoms with Crippen LogP contribution in [0.3, 0.4) is 0 Å². The van der Waals surface area contributed by atoms with Crippen LogP contribution in [0.4, 0.5) is 0 Å². The van der Waals surface area contributed by atoms with E-state index in [2.05, 4.69) is 41.5 Å². The molecule has 0 bridgehead atoms. The summed E-state index contributed by atoms with van der Waals surface area (Å²) in [5, 5.41) is 0. The fourth-order valence-corrected chi connectivity index (χ4v) is 7.94. The zero-order chi connectivity index (χ0) is 43.4. The first kappa shape index (κ1) is 57.4. The summed E-state index contributed by atoms with van der Waals surface area (Å²) in [6, 6.07) is 0. The zero-order valence-electron chi connectivity index (χ0n) is 40.5. The van der Waals surface area contributed by atoms with Crippen molar-refractivity contribution in [2.75, 3.05) is 13.2 Å². The first-order valence-corrected chi connectivity index (χ1v) is 26.1. The lowest BCUT2D eigenvalue weighted by atomic mass is 10.0. The number of carbonyl (C=O) groups is 3. The van der Waals surface area contributed by atoms with Crippen molar-refractivity contribution in [3.63, 3.8) is 0 Å². The maximum absolute atomic E-state index is 12.8. The average molecular weight is 835 g/mol. The van der Waals surface area contributed by atoms with Gasteiger partial charge in [0.05, 0.1) is 0 Å². The molecule has 0 aliphatic rings. The van der Waals surface area contributed by atoms with Crippen LogP contribution in [0.1, 0.15) is 286 Å². The molecule has 1 atom stereocenters. The molecule has 0 heterocycles. The normalized spacial score (nSPS) is 12.2. The van der Waals surface area contributed by atoms with Crippen LogP contribution in [0.15, 0.2) is 0 Å². The van der Waals surface area contributed by atoms with E-state index in [1.807, 2.05) is 0 Å². The van der Waals surface area contributed by atoms with Gasteiger partial charge in [0.1, 0.15) is 13.2 Å². The van der Waals surface area contributed by atoms with Crippen molar-refractivity contribution in [1.29, 1.82) is 0 Å². The number of rotatable bonds is 46. The van der Waals surface area contributed by atoms with E-state index >= 15 is 0 Å². The number of hydrogen-bond acceptors (Lipinski definition) is 6. The van der Waals surface area contributed by atoms with Gasteiger partial charge in [0, 0.05) is 19.3 Å². The first-order chi connectivity index (χ1) is 28.6. The smallest absolute Gasteiger partial charge is 0.306 e. The van der Waals surface area contributed by atoms with E-state index in [1.165, 1.54) is 167 Å². The third-order valence-corrected chi connectivity index (χ3v) is 11.9. The van der Waals surface area contributed by atoms with E-state index in [-0.39, 0.29) is 31.1 Å². The average Bonchev–Trinajstić information content (AvgIpc) is 3.19. The Kier molecular flexibility index (Phi) is 43.3. The molecule has 0 aromatic heterocycles. The summed E-state index contributed by atoms with van der Waals surface area (Å²) in [6.45, 7) is 13.7. The van der Waals surface area contributed by atoms with Crippen LogP contribution in [0.2, 0.25) is 0 Å². The Hall–Kier alpha value is -1.59. The Labute approximate surface area is 368 Å². The van der Waals surface area contributed by atoms with Gasteiger partial charge in [-0.15, -0.1) is 0 Å². The summed E-state index contributed by atoms with van der Waals surface area (Å²) in [7, 11) is 0. The highest BCUT2D eigenvalue weighted by molar-refractivity contribution is 5.71. The van der Waals surface area contributed by atoms with E-state index < -0.39 is 6.10 Å². The molecule has 0 saturated carbocycles. The number of carbonyl (C=O) groups excluding carboxylic acids is 3. The van der Waals surface area contributed by atoms with Crippen molar-refractivity contribution in [3.8, 4) is 0 Å². The number of hydrogen-bond donors (Lipinski definition) is 0. The molecule has 6 heteroatoms. The fourth-order valence-electron chi connectivity index (χ4n) is 7.94. The van der Waals surface area contributed by atoms with Crippen molar-refractivity contribution in [2.24, 2.45) is 17.8 Å². The van der Waals surface area contributed by atoms with Gasteiger partial charge in [0.15, 0.2) is 6.10 Å². The van der Waals surface area contributed by atoms with Crippen molar-refractivity contribution < 1.29 is 28.6 Å². The molecule has 0 N–H and O–H groups in total. The predicted molar refractivity (Wildman–Crippen MR) is 252 cm³/mol. The van der Waals surface area contributed by atoms with Gasteiger partial charge in [-0.1, -0.05) is 247 Å². The molecule has 0 radical (unpaired) electrons. The Morgan fingerprint density at radius 3 is 0.729 bits per heavy atom. The van der Waals surface area contributed by atoms with Crippen LogP contribution in [0.5, 0.6) is 0 Å². The van der Waals surface area contributed by atoms with Crippen LogP contribution >= 0.6 is 0 Å². The highest BCUT2D eigenvalue weighted by atomic mass is 16.6. The van der Waals surface area contributed by atoms with E-state index in [0.29, 0.717) is 19.3 Å². The van der Waals surface area contributed by atoms with E-state index in [1.54, 1.807) is 0 Å². The quantitative estimate of drug-likeness (QED) is 0.0345. The summed E-state index contributed by atoms with van der Waals surface area (Å²) in [4.78, 5) is 37.9. The summed E-state index contributed by atoms with van der Waals surface area (Å²) in [6.07, 6.45) is 43.8. The third kappa shape index (κ3) is 47.3. The third-order valence-electron chi connectivity index (χ3n) is 11.9.